The number of hydrogen-bond donors (Lipinski definition) is 2. The van der Waals surface area contributed by atoms with E-state index in [2.05, 4.69) is 16.4 Å². The maximum absolute atomic E-state index is 11.7. The van der Waals surface area contributed by atoms with Gasteiger partial charge in [-0.15, -0.1) is 36.2 Å². The molecule has 2 rings (SSSR count). The highest BCUT2D eigenvalue weighted by molar-refractivity contribution is 7.18. The fraction of sp³-hybridized carbons (Fsp3) is 0.467. The van der Waals surface area contributed by atoms with Crippen LogP contribution in [0.25, 0.3) is 10.2 Å². The Hall–Kier alpha value is -0.880. The lowest BCUT2D eigenvalue weighted by atomic mass is 10.2. The Morgan fingerprint density at radius 2 is 2.09 bits per heavy atom. The Morgan fingerprint density at radius 1 is 1.36 bits per heavy atom. The number of nitrogens with one attached hydrogen (secondary N) is 1. The van der Waals surface area contributed by atoms with Crippen molar-refractivity contribution >= 4 is 52.3 Å². The molecule has 7 heteroatoms. The van der Waals surface area contributed by atoms with Gasteiger partial charge in [0, 0.05) is 13.0 Å². The van der Waals surface area contributed by atoms with Crippen molar-refractivity contribution in [3.05, 3.63) is 29.3 Å². The van der Waals surface area contributed by atoms with Gasteiger partial charge in [0.1, 0.15) is 0 Å². The standard InChI is InChI=1S/C15H21N3OS.2ClH/c1-11(9-16)10-17-14(19)7-4-8-15-18-12-5-2-3-6-13(12)20-15;;/h2-3,5-6,11H,4,7-10,16H2,1H3,(H,17,19);2*1H. The Bertz CT molecular complexity index is 544. The first-order valence-corrected chi connectivity index (χ1v) is 7.82. The van der Waals surface area contributed by atoms with E-state index in [1.54, 1.807) is 11.3 Å². The van der Waals surface area contributed by atoms with Crippen molar-refractivity contribution in [1.82, 2.24) is 10.3 Å². The SMILES string of the molecule is CC(CN)CNC(=O)CCCc1nc2ccccc2s1.Cl.Cl. The fourth-order valence-corrected chi connectivity index (χ4v) is 2.90. The second-order valence-electron chi connectivity index (χ2n) is 5.07. The molecule has 2 aromatic rings. The van der Waals surface area contributed by atoms with Crippen LogP contribution in [0.4, 0.5) is 0 Å². The summed E-state index contributed by atoms with van der Waals surface area (Å²) in [6.07, 6.45) is 2.25. The molecule has 0 aliphatic rings. The van der Waals surface area contributed by atoms with Crippen LogP contribution in [0.3, 0.4) is 0 Å². The van der Waals surface area contributed by atoms with E-state index in [0.29, 0.717) is 25.4 Å². The van der Waals surface area contributed by atoms with Gasteiger partial charge in [0.2, 0.25) is 5.91 Å². The van der Waals surface area contributed by atoms with Crippen LogP contribution in [0.1, 0.15) is 24.8 Å². The van der Waals surface area contributed by atoms with Gasteiger partial charge >= 0.3 is 0 Å². The van der Waals surface area contributed by atoms with Crippen LogP contribution >= 0.6 is 36.2 Å². The third-order valence-electron chi connectivity index (χ3n) is 3.18. The average molecular weight is 364 g/mol. The van der Waals surface area contributed by atoms with Crippen molar-refractivity contribution < 1.29 is 4.79 Å². The van der Waals surface area contributed by atoms with Gasteiger partial charge in [-0.3, -0.25) is 4.79 Å². The van der Waals surface area contributed by atoms with Crippen LogP contribution in [0.2, 0.25) is 0 Å². The van der Waals surface area contributed by atoms with Crippen LogP contribution in [0, 0.1) is 5.92 Å². The van der Waals surface area contributed by atoms with Crippen LogP contribution in [0.5, 0.6) is 0 Å². The normalized spacial score (nSPS) is 11.4. The number of hydrogen-bond acceptors (Lipinski definition) is 4. The van der Waals surface area contributed by atoms with Crippen LogP contribution in [0.15, 0.2) is 24.3 Å². The topological polar surface area (TPSA) is 68.0 Å². The first-order chi connectivity index (χ1) is 9.69. The van der Waals surface area contributed by atoms with Gasteiger partial charge in [0.25, 0.3) is 0 Å². The second-order valence-corrected chi connectivity index (χ2v) is 6.19. The third kappa shape index (κ3) is 6.48. The highest BCUT2D eigenvalue weighted by atomic mass is 35.5. The molecule has 0 fully saturated rings. The van der Waals surface area contributed by atoms with E-state index in [4.69, 9.17) is 5.73 Å². The number of carbonyl (C=O) groups excluding carboxylic acids is 1. The first-order valence-electron chi connectivity index (χ1n) is 7.00. The van der Waals surface area contributed by atoms with E-state index in [9.17, 15) is 4.79 Å². The predicted molar refractivity (Wildman–Crippen MR) is 98.3 cm³/mol. The molecular weight excluding hydrogens is 341 g/mol. The van der Waals surface area contributed by atoms with Gasteiger partial charge in [0.15, 0.2) is 0 Å². The molecule has 0 aliphatic heterocycles. The van der Waals surface area contributed by atoms with Crippen molar-refractivity contribution in [2.45, 2.75) is 26.2 Å². The first kappa shape index (κ1) is 21.1. The minimum absolute atomic E-state index is 0. The lowest BCUT2D eigenvalue weighted by Crippen LogP contribution is -2.31. The number of aromatic nitrogens is 1. The van der Waals surface area contributed by atoms with Crippen LogP contribution < -0.4 is 11.1 Å². The van der Waals surface area contributed by atoms with E-state index in [0.717, 1.165) is 23.4 Å². The maximum Gasteiger partial charge on any atom is 0.220 e. The van der Waals surface area contributed by atoms with Gasteiger partial charge < -0.3 is 11.1 Å². The molecule has 4 nitrogen and oxygen atoms in total. The van der Waals surface area contributed by atoms with E-state index >= 15 is 0 Å². The summed E-state index contributed by atoms with van der Waals surface area (Å²) in [5, 5.41) is 4.02. The van der Waals surface area contributed by atoms with Crippen molar-refractivity contribution in [2.24, 2.45) is 11.7 Å². The number of carbonyl (C=O) groups is 1. The van der Waals surface area contributed by atoms with E-state index in [-0.39, 0.29) is 30.7 Å². The molecular formula is C15H23Cl2N3OS. The minimum Gasteiger partial charge on any atom is -0.356 e. The number of nitrogens with two attached hydrogens (primary N) is 1. The van der Waals surface area contributed by atoms with Gasteiger partial charge in [0.05, 0.1) is 15.2 Å². The smallest absolute Gasteiger partial charge is 0.220 e. The Labute approximate surface area is 147 Å². The van der Waals surface area contributed by atoms with Crippen LogP contribution in [-0.2, 0) is 11.2 Å². The highest BCUT2D eigenvalue weighted by Crippen LogP contribution is 2.22. The monoisotopic (exact) mass is 363 g/mol. The van der Waals surface area contributed by atoms with E-state index in [1.807, 2.05) is 25.1 Å². The molecule has 0 bridgehead atoms. The molecule has 0 saturated carbocycles. The zero-order valence-electron chi connectivity index (χ0n) is 12.6. The third-order valence-corrected chi connectivity index (χ3v) is 4.28. The molecule has 1 heterocycles. The van der Waals surface area contributed by atoms with Crippen LogP contribution in [-0.4, -0.2) is 24.0 Å². The number of amides is 1. The lowest BCUT2D eigenvalue weighted by molar-refractivity contribution is -0.121. The van der Waals surface area contributed by atoms with Gasteiger partial charge in [-0.2, -0.15) is 0 Å². The van der Waals surface area contributed by atoms with E-state index in [1.165, 1.54) is 4.70 Å². The van der Waals surface area contributed by atoms with Gasteiger partial charge in [-0.05, 0) is 37.4 Å². The molecule has 0 aliphatic carbocycles. The average Bonchev–Trinajstić information content (AvgIpc) is 2.87. The second kappa shape index (κ2) is 10.8. The molecule has 124 valence electrons. The molecule has 0 saturated heterocycles. The quantitative estimate of drug-likeness (QED) is 0.793. The molecule has 3 N–H and O–H groups in total. The molecule has 1 aromatic heterocycles. The maximum atomic E-state index is 11.7. The summed E-state index contributed by atoms with van der Waals surface area (Å²) in [6, 6.07) is 8.13. The van der Waals surface area contributed by atoms with Gasteiger partial charge in [-0.25, -0.2) is 4.98 Å². The Balaban J connectivity index is 0.00000220. The number of rotatable bonds is 7. The van der Waals surface area contributed by atoms with Gasteiger partial charge in [-0.1, -0.05) is 19.1 Å². The number of benzene rings is 1. The van der Waals surface area contributed by atoms with Crippen molar-refractivity contribution in [3.63, 3.8) is 0 Å². The van der Waals surface area contributed by atoms with Crippen molar-refractivity contribution in [3.8, 4) is 0 Å². The fourth-order valence-electron chi connectivity index (χ4n) is 1.89. The number of nitrogens with zero attached hydrogens (tertiary/aromatic N) is 1. The molecule has 22 heavy (non-hydrogen) atoms. The number of thiazole rings is 1. The number of para-hydroxylation sites is 1. The summed E-state index contributed by atoms with van der Waals surface area (Å²) in [5.41, 5.74) is 6.56. The lowest BCUT2D eigenvalue weighted by Gasteiger charge is -2.09. The summed E-state index contributed by atoms with van der Waals surface area (Å²) >= 11 is 1.71. The number of aryl methyl sites for hydroxylation is 1. The zero-order chi connectivity index (χ0) is 14.4. The molecule has 1 atom stereocenters. The predicted octanol–water partition coefficient (Wildman–Crippen LogP) is 3.17. The summed E-state index contributed by atoms with van der Waals surface area (Å²) in [4.78, 5) is 16.2. The largest absolute Gasteiger partial charge is 0.356 e. The summed E-state index contributed by atoms with van der Waals surface area (Å²) in [7, 11) is 0. The molecule has 1 amide bonds. The summed E-state index contributed by atoms with van der Waals surface area (Å²) in [6.45, 7) is 3.30. The molecule has 1 aromatic carbocycles. The number of halogens is 2. The zero-order valence-corrected chi connectivity index (χ0v) is 15.0. The van der Waals surface area contributed by atoms with Crippen molar-refractivity contribution in [1.29, 1.82) is 0 Å². The summed E-state index contributed by atoms with van der Waals surface area (Å²) in [5.74, 6) is 0.439. The summed E-state index contributed by atoms with van der Waals surface area (Å²) < 4.78 is 1.21. The minimum atomic E-state index is 0. The van der Waals surface area contributed by atoms with Crippen molar-refractivity contribution in [2.75, 3.05) is 13.1 Å². The number of fused-ring (bicyclic) bond motifs is 1. The van der Waals surface area contributed by atoms with E-state index < -0.39 is 0 Å². The Morgan fingerprint density at radius 3 is 2.77 bits per heavy atom. The molecule has 1 unspecified atom stereocenters. The Kier molecular flexibility index (Phi) is 10.3. The molecule has 0 spiro atoms. The highest BCUT2D eigenvalue weighted by Gasteiger charge is 2.06. The molecule has 0 radical (unpaired) electrons.